The molecule has 2 aliphatic rings. The summed E-state index contributed by atoms with van der Waals surface area (Å²) in [6.45, 7) is 5.03. The Kier molecular flexibility index (Phi) is 6.86. The number of carbonyl (C=O) groups excluding carboxylic acids is 4. The lowest BCUT2D eigenvalue weighted by Crippen LogP contribution is -2.56. The Morgan fingerprint density at radius 3 is 2.33 bits per heavy atom. The SMILES string of the molecule is CCOC(=O)[C@]1(CC)N[C@H](c2ccc(OC)c(OC)c2)[C@H]2C(=O)N(c3cccc(C(C)=O)c3)C(=O)[C@H]21. The number of imide groups is 1. The zero-order valence-electron chi connectivity index (χ0n) is 21.0. The number of benzene rings is 2. The van der Waals surface area contributed by atoms with Crippen molar-refractivity contribution in [3.8, 4) is 11.5 Å². The van der Waals surface area contributed by atoms with Crippen molar-refractivity contribution in [2.24, 2.45) is 11.8 Å². The summed E-state index contributed by atoms with van der Waals surface area (Å²) in [5.41, 5.74) is -0.0558. The molecule has 2 amide bonds. The summed E-state index contributed by atoms with van der Waals surface area (Å²) in [5, 5.41) is 3.31. The molecule has 2 saturated heterocycles. The zero-order valence-corrected chi connectivity index (χ0v) is 21.0. The molecule has 1 N–H and O–H groups in total. The highest BCUT2D eigenvalue weighted by Gasteiger charge is 2.68. The van der Waals surface area contributed by atoms with E-state index in [4.69, 9.17) is 14.2 Å². The highest BCUT2D eigenvalue weighted by Crippen LogP contribution is 2.52. The molecule has 4 rings (SSSR count). The van der Waals surface area contributed by atoms with Gasteiger partial charge in [0.05, 0.1) is 38.3 Å². The monoisotopic (exact) mass is 494 g/mol. The number of nitrogens with one attached hydrogen (secondary N) is 1. The standard InChI is InChI=1S/C27H30N2O7/c1-6-27(26(33)36-7-2)22-21(23(28-27)17-11-12-19(34-4)20(14-17)35-5)24(31)29(25(22)32)18-10-8-9-16(13-18)15(3)30/h8-14,21-23,28H,6-7H2,1-5H3/t21-,22-,23+,27+/m0/s1. The number of nitrogens with zero attached hydrogens (tertiary/aromatic N) is 1. The van der Waals surface area contributed by atoms with Crippen LogP contribution in [0.4, 0.5) is 5.69 Å². The van der Waals surface area contributed by atoms with E-state index < -0.39 is 41.2 Å². The first kappa shape index (κ1) is 25.4. The van der Waals surface area contributed by atoms with Crippen molar-refractivity contribution < 1.29 is 33.4 Å². The number of anilines is 1. The molecule has 2 aromatic carbocycles. The normalized spacial score (nSPS) is 25.0. The van der Waals surface area contributed by atoms with Crippen LogP contribution in [-0.4, -0.2) is 49.9 Å². The van der Waals surface area contributed by atoms with Gasteiger partial charge in [-0.1, -0.05) is 25.1 Å². The largest absolute Gasteiger partial charge is 0.493 e. The van der Waals surface area contributed by atoms with Crippen LogP contribution >= 0.6 is 0 Å². The molecule has 2 fully saturated rings. The molecule has 9 nitrogen and oxygen atoms in total. The van der Waals surface area contributed by atoms with Gasteiger partial charge < -0.3 is 14.2 Å². The van der Waals surface area contributed by atoms with Crippen molar-refractivity contribution in [2.75, 3.05) is 25.7 Å². The van der Waals surface area contributed by atoms with Gasteiger partial charge in [0.25, 0.3) is 0 Å². The Labute approximate surface area is 209 Å². The number of carbonyl (C=O) groups is 4. The molecule has 0 spiro atoms. The number of hydrogen-bond donors (Lipinski definition) is 1. The number of rotatable bonds is 8. The van der Waals surface area contributed by atoms with Gasteiger partial charge in [0.1, 0.15) is 5.54 Å². The lowest BCUT2D eigenvalue weighted by Gasteiger charge is -2.32. The smallest absolute Gasteiger partial charge is 0.327 e. The molecule has 2 aliphatic heterocycles. The fraction of sp³-hybridized carbons (Fsp3) is 0.407. The fourth-order valence-electron chi connectivity index (χ4n) is 5.37. The first-order chi connectivity index (χ1) is 17.2. The van der Waals surface area contributed by atoms with Gasteiger partial charge in [-0.05, 0) is 50.1 Å². The third-order valence-electron chi connectivity index (χ3n) is 7.13. The Bertz CT molecular complexity index is 1230. The molecule has 2 heterocycles. The van der Waals surface area contributed by atoms with E-state index in [1.54, 1.807) is 50.2 Å². The molecule has 190 valence electrons. The molecule has 9 heteroatoms. The van der Waals surface area contributed by atoms with E-state index in [0.717, 1.165) is 4.90 Å². The number of fused-ring (bicyclic) bond motifs is 1. The van der Waals surface area contributed by atoms with Gasteiger partial charge in [-0.2, -0.15) is 0 Å². The predicted octanol–water partition coefficient (Wildman–Crippen LogP) is 3.07. The Morgan fingerprint density at radius 2 is 1.72 bits per heavy atom. The van der Waals surface area contributed by atoms with Gasteiger partial charge in [0.2, 0.25) is 11.8 Å². The van der Waals surface area contributed by atoms with Crippen molar-refractivity contribution in [2.45, 2.75) is 38.8 Å². The van der Waals surface area contributed by atoms with Crippen LogP contribution in [-0.2, 0) is 19.1 Å². The van der Waals surface area contributed by atoms with Crippen LogP contribution in [0.1, 0.15) is 49.2 Å². The summed E-state index contributed by atoms with van der Waals surface area (Å²) in [7, 11) is 3.03. The van der Waals surface area contributed by atoms with Crippen LogP contribution < -0.4 is 19.7 Å². The minimum absolute atomic E-state index is 0.132. The summed E-state index contributed by atoms with van der Waals surface area (Å²) in [5.74, 6) is -2.61. The topological polar surface area (TPSA) is 111 Å². The minimum atomic E-state index is -1.40. The van der Waals surface area contributed by atoms with Gasteiger partial charge in [-0.15, -0.1) is 0 Å². The first-order valence-electron chi connectivity index (χ1n) is 11.9. The van der Waals surface area contributed by atoms with E-state index in [1.165, 1.54) is 27.2 Å². The Hall–Kier alpha value is -3.72. The van der Waals surface area contributed by atoms with Crippen LogP contribution in [0.3, 0.4) is 0 Å². The first-order valence-corrected chi connectivity index (χ1v) is 11.9. The number of esters is 1. The van der Waals surface area contributed by atoms with Crippen molar-refractivity contribution >= 4 is 29.3 Å². The lowest BCUT2D eigenvalue weighted by atomic mass is 9.78. The average molecular weight is 495 g/mol. The van der Waals surface area contributed by atoms with Gasteiger partial charge in [-0.25, -0.2) is 4.90 Å². The van der Waals surface area contributed by atoms with Crippen molar-refractivity contribution in [1.29, 1.82) is 0 Å². The number of hydrogen-bond acceptors (Lipinski definition) is 8. The summed E-state index contributed by atoms with van der Waals surface area (Å²) in [4.78, 5) is 54.2. The molecule has 0 radical (unpaired) electrons. The molecular weight excluding hydrogens is 464 g/mol. The van der Waals surface area contributed by atoms with Crippen LogP contribution in [0.25, 0.3) is 0 Å². The number of Topliss-reactive ketones (excluding diaryl/α,β-unsaturated/α-hetero) is 1. The summed E-state index contributed by atoms with van der Waals surface area (Å²) in [6, 6.07) is 11.0. The molecule has 0 aromatic heterocycles. The molecule has 0 saturated carbocycles. The van der Waals surface area contributed by atoms with Gasteiger partial charge in [0, 0.05) is 11.6 Å². The maximum Gasteiger partial charge on any atom is 0.327 e. The second-order valence-electron chi connectivity index (χ2n) is 8.90. The van der Waals surface area contributed by atoms with Crippen molar-refractivity contribution in [1.82, 2.24) is 5.32 Å². The van der Waals surface area contributed by atoms with E-state index >= 15 is 0 Å². The summed E-state index contributed by atoms with van der Waals surface area (Å²) >= 11 is 0. The zero-order chi connectivity index (χ0) is 26.2. The van der Waals surface area contributed by atoms with E-state index in [-0.39, 0.29) is 18.8 Å². The molecule has 36 heavy (non-hydrogen) atoms. The van der Waals surface area contributed by atoms with Gasteiger partial charge in [0.15, 0.2) is 17.3 Å². The molecule has 2 aromatic rings. The highest BCUT2D eigenvalue weighted by atomic mass is 16.5. The van der Waals surface area contributed by atoms with E-state index in [1.807, 2.05) is 0 Å². The van der Waals surface area contributed by atoms with Crippen LogP contribution in [0, 0.1) is 11.8 Å². The predicted molar refractivity (Wildman–Crippen MR) is 131 cm³/mol. The molecule has 0 aliphatic carbocycles. The van der Waals surface area contributed by atoms with Crippen LogP contribution in [0.5, 0.6) is 11.5 Å². The van der Waals surface area contributed by atoms with Crippen molar-refractivity contribution in [3.05, 3.63) is 53.6 Å². The fourth-order valence-corrected chi connectivity index (χ4v) is 5.37. The van der Waals surface area contributed by atoms with Crippen molar-refractivity contribution in [3.63, 3.8) is 0 Å². The van der Waals surface area contributed by atoms with Crippen LogP contribution in [0.2, 0.25) is 0 Å². The Balaban J connectivity index is 1.86. The second-order valence-corrected chi connectivity index (χ2v) is 8.90. The number of methoxy groups -OCH3 is 2. The quantitative estimate of drug-likeness (QED) is 0.339. The van der Waals surface area contributed by atoms with E-state index in [9.17, 15) is 19.2 Å². The summed E-state index contributed by atoms with van der Waals surface area (Å²) < 4.78 is 16.2. The minimum Gasteiger partial charge on any atom is -0.493 e. The maximum absolute atomic E-state index is 13.9. The average Bonchev–Trinajstić information content (AvgIpc) is 3.37. The van der Waals surface area contributed by atoms with E-state index in [2.05, 4.69) is 5.32 Å². The molecule has 0 bridgehead atoms. The van der Waals surface area contributed by atoms with E-state index in [0.29, 0.717) is 28.3 Å². The number of ketones is 1. The lowest BCUT2D eigenvalue weighted by molar-refractivity contribution is -0.154. The second kappa shape index (κ2) is 9.73. The molecular formula is C27H30N2O7. The van der Waals surface area contributed by atoms with Gasteiger partial charge in [-0.3, -0.25) is 24.5 Å². The summed E-state index contributed by atoms with van der Waals surface area (Å²) in [6.07, 6.45) is 0.233. The third kappa shape index (κ3) is 3.83. The number of amides is 2. The maximum atomic E-state index is 13.9. The molecule has 0 unspecified atom stereocenters. The highest BCUT2D eigenvalue weighted by molar-refractivity contribution is 6.24. The third-order valence-corrected chi connectivity index (χ3v) is 7.13. The molecule has 4 atom stereocenters. The number of ether oxygens (including phenoxy) is 3. The Morgan fingerprint density at radius 1 is 1.00 bits per heavy atom. The van der Waals surface area contributed by atoms with Crippen LogP contribution in [0.15, 0.2) is 42.5 Å². The van der Waals surface area contributed by atoms with Gasteiger partial charge >= 0.3 is 5.97 Å².